The van der Waals surface area contributed by atoms with E-state index in [1.54, 1.807) is 37.1 Å². The van der Waals surface area contributed by atoms with Crippen LogP contribution in [-0.4, -0.2) is 64.5 Å². The molecule has 8 nitrogen and oxygen atoms in total. The molecule has 1 amide bonds. The van der Waals surface area contributed by atoms with Gasteiger partial charge < -0.3 is 14.4 Å². The Balaban J connectivity index is 1.59. The molecule has 3 rings (SSSR count). The Bertz CT molecular complexity index is 876. The number of hydrogen-bond acceptors (Lipinski definition) is 7. The van der Waals surface area contributed by atoms with Crippen molar-refractivity contribution in [1.29, 1.82) is 0 Å². The predicted octanol–water partition coefficient (Wildman–Crippen LogP) is 3.03. The maximum absolute atomic E-state index is 12.6. The number of nitrogens with one attached hydrogen (secondary N) is 1. The van der Waals surface area contributed by atoms with Crippen LogP contribution in [0.2, 0.25) is 5.02 Å². The van der Waals surface area contributed by atoms with Crippen molar-refractivity contribution in [3.05, 3.63) is 23.2 Å². The number of H-pyrrole nitrogens is 1. The highest BCUT2D eigenvalue weighted by atomic mass is 35.5. The highest BCUT2D eigenvalue weighted by Gasteiger charge is 2.29. The van der Waals surface area contributed by atoms with E-state index in [0.29, 0.717) is 47.0 Å². The predicted molar refractivity (Wildman–Crippen MR) is 110 cm³/mol. The number of carbonyl (C=O) groups is 2. The molecule has 2 aromatic rings. The number of benzene rings is 1. The zero-order valence-corrected chi connectivity index (χ0v) is 17.9. The van der Waals surface area contributed by atoms with Gasteiger partial charge in [-0.3, -0.25) is 14.7 Å². The molecule has 1 saturated heterocycles. The number of rotatable bonds is 7. The first-order chi connectivity index (χ1) is 14.0. The van der Waals surface area contributed by atoms with Crippen molar-refractivity contribution in [2.75, 3.05) is 32.6 Å². The number of amides is 1. The van der Waals surface area contributed by atoms with E-state index < -0.39 is 0 Å². The lowest BCUT2D eigenvalue weighted by Crippen LogP contribution is -2.43. The number of thioether (sulfide) groups is 1. The van der Waals surface area contributed by atoms with Crippen LogP contribution in [0.4, 0.5) is 0 Å². The lowest BCUT2D eigenvalue weighted by atomic mass is 9.98. The molecule has 0 saturated carbocycles. The molecule has 1 aromatic carbocycles. The van der Waals surface area contributed by atoms with Gasteiger partial charge in [0.2, 0.25) is 11.1 Å². The molecule has 1 N–H and O–H groups in total. The van der Waals surface area contributed by atoms with Crippen LogP contribution in [0.1, 0.15) is 19.8 Å². The molecule has 0 spiro atoms. The summed E-state index contributed by atoms with van der Waals surface area (Å²) in [6.45, 7) is 3.18. The van der Waals surface area contributed by atoms with Gasteiger partial charge in [-0.1, -0.05) is 23.4 Å². The SMILES string of the molecule is CCOC(=O)C1CCCN(C(=O)CSc2n[nH]c(-c3cc(Cl)ccc3OC)n2)C1. The van der Waals surface area contributed by atoms with Gasteiger partial charge in [-0.15, -0.1) is 5.10 Å². The Morgan fingerprint density at radius 3 is 3.00 bits per heavy atom. The maximum atomic E-state index is 12.6. The van der Waals surface area contributed by atoms with Crippen molar-refractivity contribution in [3.63, 3.8) is 0 Å². The number of likely N-dealkylation sites (tertiary alicyclic amines) is 1. The standard InChI is InChI=1S/C19H23ClN4O4S/c1-3-28-18(26)12-5-4-8-24(10-12)16(25)11-29-19-21-17(22-23-19)14-9-13(20)6-7-15(14)27-2/h6-7,9,12H,3-5,8,10-11H2,1-2H3,(H,21,22,23). The minimum Gasteiger partial charge on any atom is -0.496 e. The van der Waals surface area contributed by atoms with E-state index in [1.165, 1.54) is 11.8 Å². The molecule has 0 aliphatic carbocycles. The van der Waals surface area contributed by atoms with E-state index in [0.717, 1.165) is 12.8 Å². The van der Waals surface area contributed by atoms with Crippen LogP contribution in [0.3, 0.4) is 0 Å². The van der Waals surface area contributed by atoms with Gasteiger partial charge in [-0.25, -0.2) is 4.98 Å². The van der Waals surface area contributed by atoms with Crippen molar-refractivity contribution in [2.45, 2.75) is 24.9 Å². The molecule has 156 valence electrons. The Morgan fingerprint density at radius 2 is 2.24 bits per heavy atom. The van der Waals surface area contributed by atoms with Crippen LogP contribution in [0.15, 0.2) is 23.4 Å². The van der Waals surface area contributed by atoms with Crippen molar-refractivity contribution in [2.24, 2.45) is 5.92 Å². The normalized spacial score (nSPS) is 16.5. The van der Waals surface area contributed by atoms with Gasteiger partial charge in [0.05, 0.1) is 31.0 Å². The van der Waals surface area contributed by atoms with Crippen LogP contribution >= 0.6 is 23.4 Å². The molecule has 1 unspecified atom stereocenters. The van der Waals surface area contributed by atoms with Gasteiger partial charge in [0, 0.05) is 18.1 Å². The summed E-state index contributed by atoms with van der Waals surface area (Å²) in [5, 5.41) is 8.03. The smallest absolute Gasteiger partial charge is 0.310 e. The van der Waals surface area contributed by atoms with Gasteiger partial charge >= 0.3 is 5.97 Å². The highest BCUT2D eigenvalue weighted by Crippen LogP contribution is 2.31. The molecule has 29 heavy (non-hydrogen) atoms. The van der Waals surface area contributed by atoms with Crippen LogP contribution in [0.25, 0.3) is 11.4 Å². The molecule has 1 aromatic heterocycles. The fraction of sp³-hybridized carbons (Fsp3) is 0.474. The van der Waals surface area contributed by atoms with Crippen LogP contribution in [0, 0.1) is 5.92 Å². The van der Waals surface area contributed by atoms with E-state index in [1.807, 2.05) is 0 Å². The van der Waals surface area contributed by atoms with Crippen molar-refractivity contribution in [1.82, 2.24) is 20.1 Å². The largest absolute Gasteiger partial charge is 0.496 e. The van der Waals surface area contributed by atoms with E-state index in [2.05, 4.69) is 15.2 Å². The second kappa shape index (κ2) is 9.98. The number of ether oxygens (including phenoxy) is 2. The first-order valence-corrected chi connectivity index (χ1v) is 10.7. The van der Waals surface area contributed by atoms with Gasteiger partial charge in [0.1, 0.15) is 5.75 Å². The number of aromatic nitrogens is 3. The average Bonchev–Trinajstić information content (AvgIpc) is 3.21. The van der Waals surface area contributed by atoms with Crippen molar-refractivity contribution < 1.29 is 19.1 Å². The minimum atomic E-state index is -0.247. The molecule has 1 fully saturated rings. The monoisotopic (exact) mass is 438 g/mol. The van der Waals surface area contributed by atoms with Crippen molar-refractivity contribution in [3.8, 4) is 17.1 Å². The number of methoxy groups -OCH3 is 1. The topological polar surface area (TPSA) is 97.4 Å². The number of aromatic amines is 1. The van der Waals surface area contributed by atoms with E-state index in [4.69, 9.17) is 21.1 Å². The first kappa shape index (κ1) is 21.4. The molecule has 1 aliphatic heterocycles. The summed E-state index contributed by atoms with van der Waals surface area (Å²) < 4.78 is 10.4. The summed E-state index contributed by atoms with van der Waals surface area (Å²) in [5.41, 5.74) is 0.694. The Hall–Kier alpha value is -2.26. The maximum Gasteiger partial charge on any atom is 0.310 e. The molecule has 1 atom stereocenters. The average molecular weight is 439 g/mol. The summed E-state index contributed by atoms with van der Waals surface area (Å²) >= 11 is 7.31. The first-order valence-electron chi connectivity index (χ1n) is 9.35. The molecular weight excluding hydrogens is 416 g/mol. The summed E-state index contributed by atoms with van der Waals surface area (Å²) in [6.07, 6.45) is 1.54. The van der Waals surface area contributed by atoms with Crippen LogP contribution in [0.5, 0.6) is 5.75 Å². The third-order valence-electron chi connectivity index (χ3n) is 4.60. The van der Waals surface area contributed by atoms with Crippen LogP contribution < -0.4 is 4.74 Å². The number of hydrogen-bond donors (Lipinski definition) is 1. The van der Waals surface area contributed by atoms with E-state index in [-0.39, 0.29) is 23.5 Å². The number of piperidine rings is 1. The van der Waals surface area contributed by atoms with Crippen molar-refractivity contribution >= 4 is 35.2 Å². The Kier molecular flexibility index (Phi) is 7.38. The quantitative estimate of drug-likeness (QED) is 0.524. The van der Waals surface area contributed by atoms with Gasteiger partial charge in [-0.2, -0.15) is 0 Å². The third kappa shape index (κ3) is 5.42. The molecule has 0 bridgehead atoms. The second-order valence-corrected chi connectivity index (χ2v) is 7.91. The number of halogens is 1. The number of esters is 1. The summed E-state index contributed by atoms with van der Waals surface area (Å²) in [4.78, 5) is 30.7. The van der Waals surface area contributed by atoms with Gasteiger partial charge in [0.15, 0.2) is 5.82 Å². The molecule has 2 heterocycles. The van der Waals surface area contributed by atoms with Gasteiger partial charge in [-0.05, 0) is 38.0 Å². The molecular formula is C19H23ClN4O4S. The molecule has 0 radical (unpaired) electrons. The zero-order valence-electron chi connectivity index (χ0n) is 16.3. The van der Waals surface area contributed by atoms with Crippen LogP contribution in [-0.2, 0) is 14.3 Å². The van der Waals surface area contributed by atoms with Gasteiger partial charge in [0.25, 0.3) is 0 Å². The fourth-order valence-corrected chi connectivity index (χ4v) is 4.04. The lowest BCUT2D eigenvalue weighted by Gasteiger charge is -2.31. The van der Waals surface area contributed by atoms with E-state index in [9.17, 15) is 9.59 Å². The second-order valence-electron chi connectivity index (χ2n) is 6.53. The van der Waals surface area contributed by atoms with E-state index >= 15 is 0 Å². The Labute approximate surface area is 178 Å². The minimum absolute atomic E-state index is 0.0457. The Morgan fingerprint density at radius 1 is 1.41 bits per heavy atom. The summed E-state index contributed by atoms with van der Waals surface area (Å²) in [7, 11) is 1.57. The highest BCUT2D eigenvalue weighted by molar-refractivity contribution is 7.99. The summed E-state index contributed by atoms with van der Waals surface area (Å²) in [5.74, 6) is 0.807. The number of carbonyl (C=O) groups excluding carboxylic acids is 2. The summed E-state index contributed by atoms with van der Waals surface area (Å²) in [6, 6.07) is 5.23. The molecule has 10 heteroatoms. The number of nitrogens with zero attached hydrogens (tertiary/aromatic N) is 3. The molecule has 1 aliphatic rings. The zero-order chi connectivity index (χ0) is 20.8. The third-order valence-corrected chi connectivity index (χ3v) is 5.67. The fourth-order valence-electron chi connectivity index (χ4n) is 3.17. The lowest BCUT2D eigenvalue weighted by molar-refractivity contribution is -0.151.